The molecular formula is C23H24ClNO5S. The minimum absolute atomic E-state index is 0.0447. The van der Waals surface area contributed by atoms with Gasteiger partial charge in [0.25, 0.3) is 5.91 Å². The van der Waals surface area contributed by atoms with Gasteiger partial charge in [-0.15, -0.1) is 0 Å². The van der Waals surface area contributed by atoms with Crippen molar-refractivity contribution in [1.29, 1.82) is 0 Å². The van der Waals surface area contributed by atoms with Crippen molar-refractivity contribution in [2.75, 3.05) is 0 Å². The number of carbonyl (C=O) groups excluding carboxylic acids is 1. The first-order valence-corrected chi connectivity index (χ1v) is 11.6. The number of aryl methyl sites for hydroxylation is 1. The summed E-state index contributed by atoms with van der Waals surface area (Å²) in [5.41, 5.74) is 1.22. The lowest BCUT2D eigenvalue weighted by molar-refractivity contribution is 0.0638. The quantitative estimate of drug-likeness (QED) is 0.417. The number of carbonyl (C=O) groups is 1. The standard InChI is InChI=1S/C23H24ClNO5S/c1-4-17(3)25(23(26)21-12-7-13-29-21)15-18-9-6-10-19(14-18)30-31(27,28)22-16(2)8-5-11-20(22)24/h5-14,17H,4,15H2,1-3H3/t17-/m0/s1. The highest BCUT2D eigenvalue weighted by molar-refractivity contribution is 7.87. The fourth-order valence-electron chi connectivity index (χ4n) is 3.18. The maximum absolute atomic E-state index is 12.9. The number of halogens is 1. The average molecular weight is 462 g/mol. The van der Waals surface area contributed by atoms with Crippen LogP contribution < -0.4 is 4.18 Å². The highest BCUT2D eigenvalue weighted by Gasteiger charge is 2.25. The zero-order valence-electron chi connectivity index (χ0n) is 17.5. The summed E-state index contributed by atoms with van der Waals surface area (Å²) in [5, 5.41) is 0.100. The van der Waals surface area contributed by atoms with Crippen molar-refractivity contribution in [3.8, 4) is 5.75 Å². The summed E-state index contributed by atoms with van der Waals surface area (Å²) in [6.45, 7) is 5.87. The van der Waals surface area contributed by atoms with E-state index in [2.05, 4.69) is 0 Å². The molecule has 1 atom stereocenters. The molecule has 0 bridgehead atoms. The molecule has 0 aliphatic carbocycles. The van der Waals surface area contributed by atoms with Gasteiger partial charge in [0, 0.05) is 12.6 Å². The molecule has 1 aromatic heterocycles. The van der Waals surface area contributed by atoms with Gasteiger partial charge >= 0.3 is 10.1 Å². The van der Waals surface area contributed by atoms with Gasteiger partial charge in [0.1, 0.15) is 10.6 Å². The SMILES string of the molecule is CC[C@H](C)N(Cc1cccc(OS(=O)(=O)c2c(C)cccc2Cl)c1)C(=O)c1ccco1. The Balaban J connectivity index is 1.86. The van der Waals surface area contributed by atoms with E-state index in [9.17, 15) is 13.2 Å². The molecule has 0 aliphatic heterocycles. The van der Waals surface area contributed by atoms with Gasteiger partial charge in [-0.3, -0.25) is 4.79 Å². The summed E-state index contributed by atoms with van der Waals surface area (Å²) in [7, 11) is -4.12. The third-order valence-corrected chi connectivity index (χ3v) is 6.87. The van der Waals surface area contributed by atoms with Crippen molar-refractivity contribution in [2.45, 2.75) is 44.7 Å². The number of nitrogens with zero attached hydrogens (tertiary/aromatic N) is 1. The second kappa shape index (κ2) is 9.58. The topological polar surface area (TPSA) is 76.8 Å². The number of furan rings is 1. The van der Waals surface area contributed by atoms with E-state index in [4.69, 9.17) is 20.2 Å². The Labute approximate surface area is 187 Å². The van der Waals surface area contributed by atoms with E-state index in [0.29, 0.717) is 5.56 Å². The smallest absolute Gasteiger partial charge is 0.340 e. The first kappa shape index (κ1) is 22.9. The average Bonchev–Trinajstić information content (AvgIpc) is 3.25. The van der Waals surface area contributed by atoms with Crippen LogP contribution >= 0.6 is 11.6 Å². The minimum atomic E-state index is -4.12. The second-order valence-electron chi connectivity index (χ2n) is 7.24. The molecule has 0 N–H and O–H groups in total. The van der Waals surface area contributed by atoms with Gasteiger partial charge in [-0.25, -0.2) is 0 Å². The molecule has 2 aromatic carbocycles. The molecular weight excluding hydrogens is 438 g/mol. The Bertz CT molecular complexity index is 1140. The van der Waals surface area contributed by atoms with E-state index in [-0.39, 0.29) is 39.9 Å². The van der Waals surface area contributed by atoms with Crippen LogP contribution in [0.25, 0.3) is 0 Å². The van der Waals surface area contributed by atoms with E-state index in [1.165, 1.54) is 12.3 Å². The molecule has 8 heteroatoms. The first-order chi connectivity index (χ1) is 14.7. The summed E-state index contributed by atoms with van der Waals surface area (Å²) in [6, 6.07) is 14.7. The van der Waals surface area contributed by atoms with E-state index in [0.717, 1.165) is 12.0 Å². The van der Waals surface area contributed by atoms with Crippen molar-refractivity contribution in [2.24, 2.45) is 0 Å². The summed E-state index contributed by atoms with van der Waals surface area (Å²) in [5.74, 6) is 0.167. The Hall–Kier alpha value is -2.77. The monoisotopic (exact) mass is 461 g/mol. The number of amides is 1. The van der Waals surface area contributed by atoms with Crippen LogP contribution in [-0.4, -0.2) is 25.3 Å². The number of hydrogen-bond donors (Lipinski definition) is 0. The van der Waals surface area contributed by atoms with Gasteiger partial charge < -0.3 is 13.5 Å². The lowest BCUT2D eigenvalue weighted by Gasteiger charge is -2.28. The minimum Gasteiger partial charge on any atom is -0.459 e. The maximum atomic E-state index is 12.9. The molecule has 0 saturated heterocycles. The van der Waals surface area contributed by atoms with Gasteiger partial charge in [-0.1, -0.05) is 42.8 Å². The van der Waals surface area contributed by atoms with Gasteiger partial charge in [0.2, 0.25) is 0 Å². The maximum Gasteiger partial charge on any atom is 0.340 e. The van der Waals surface area contributed by atoms with Crippen LogP contribution in [0.4, 0.5) is 0 Å². The van der Waals surface area contributed by atoms with Crippen molar-refractivity contribution in [3.05, 3.63) is 82.8 Å². The predicted octanol–water partition coefficient (Wildman–Crippen LogP) is 5.45. The van der Waals surface area contributed by atoms with E-state index >= 15 is 0 Å². The van der Waals surface area contributed by atoms with Crippen molar-refractivity contribution >= 4 is 27.6 Å². The first-order valence-electron chi connectivity index (χ1n) is 9.86. The summed E-state index contributed by atoms with van der Waals surface area (Å²) in [4.78, 5) is 14.5. The Morgan fingerprint density at radius 3 is 2.55 bits per heavy atom. The van der Waals surface area contributed by atoms with Crippen LogP contribution in [-0.2, 0) is 16.7 Å². The van der Waals surface area contributed by atoms with Gasteiger partial charge in [0.15, 0.2) is 5.76 Å². The van der Waals surface area contributed by atoms with Crippen LogP contribution in [0.15, 0.2) is 70.2 Å². The van der Waals surface area contributed by atoms with E-state index < -0.39 is 10.1 Å². The normalized spacial score (nSPS) is 12.4. The molecule has 1 amide bonds. The number of hydrogen-bond acceptors (Lipinski definition) is 5. The molecule has 0 saturated carbocycles. The molecule has 0 unspecified atom stereocenters. The Morgan fingerprint density at radius 1 is 1.16 bits per heavy atom. The summed E-state index contributed by atoms with van der Waals surface area (Å²) in [6.07, 6.45) is 2.21. The molecule has 3 aromatic rings. The van der Waals surface area contributed by atoms with E-state index in [1.807, 2.05) is 19.9 Å². The Kier molecular flexibility index (Phi) is 7.08. The lowest BCUT2D eigenvalue weighted by Crippen LogP contribution is -2.37. The molecule has 0 fully saturated rings. The van der Waals surface area contributed by atoms with Crippen molar-refractivity contribution in [1.82, 2.24) is 4.90 Å². The van der Waals surface area contributed by atoms with Crippen LogP contribution in [0.2, 0.25) is 5.02 Å². The lowest BCUT2D eigenvalue weighted by atomic mass is 10.1. The summed E-state index contributed by atoms with van der Waals surface area (Å²) < 4.78 is 36.2. The zero-order valence-corrected chi connectivity index (χ0v) is 19.1. The molecule has 0 spiro atoms. The van der Waals surface area contributed by atoms with Gasteiger partial charge in [-0.05, 0) is 61.7 Å². The third-order valence-electron chi connectivity index (χ3n) is 4.99. The fourth-order valence-corrected chi connectivity index (χ4v) is 4.90. The van der Waals surface area contributed by atoms with Crippen LogP contribution in [0.5, 0.6) is 5.75 Å². The third kappa shape index (κ3) is 5.29. The molecule has 0 aliphatic rings. The van der Waals surface area contributed by atoms with Gasteiger partial charge in [0.05, 0.1) is 11.3 Å². The highest BCUT2D eigenvalue weighted by atomic mass is 35.5. The zero-order chi connectivity index (χ0) is 22.6. The molecule has 6 nitrogen and oxygen atoms in total. The summed E-state index contributed by atoms with van der Waals surface area (Å²) >= 11 is 6.10. The fraction of sp³-hybridized carbons (Fsp3) is 0.261. The number of rotatable bonds is 8. The largest absolute Gasteiger partial charge is 0.459 e. The molecule has 0 radical (unpaired) electrons. The van der Waals surface area contributed by atoms with Crippen LogP contribution in [0, 0.1) is 6.92 Å². The molecule has 164 valence electrons. The van der Waals surface area contributed by atoms with Crippen LogP contribution in [0.1, 0.15) is 41.9 Å². The second-order valence-corrected chi connectivity index (χ2v) is 9.13. The molecule has 1 heterocycles. The molecule has 3 rings (SSSR count). The highest BCUT2D eigenvalue weighted by Crippen LogP contribution is 2.28. The van der Waals surface area contributed by atoms with Crippen molar-refractivity contribution in [3.63, 3.8) is 0 Å². The molecule has 31 heavy (non-hydrogen) atoms. The predicted molar refractivity (Wildman–Crippen MR) is 119 cm³/mol. The van der Waals surface area contributed by atoms with Gasteiger partial charge in [-0.2, -0.15) is 8.42 Å². The van der Waals surface area contributed by atoms with E-state index in [1.54, 1.807) is 54.3 Å². The number of benzene rings is 2. The van der Waals surface area contributed by atoms with Crippen molar-refractivity contribution < 1.29 is 21.8 Å². The Morgan fingerprint density at radius 2 is 1.90 bits per heavy atom. The van der Waals surface area contributed by atoms with Crippen LogP contribution in [0.3, 0.4) is 0 Å².